The number of nitrogens with zero attached hydrogens (tertiary/aromatic N) is 1. The van der Waals surface area contributed by atoms with E-state index in [4.69, 9.17) is 4.74 Å². The summed E-state index contributed by atoms with van der Waals surface area (Å²) < 4.78 is 5.35. The van der Waals surface area contributed by atoms with Crippen LogP contribution in [0.1, 0.15) is 21.3 Å². The Morgan fingerprint density at radius 3 is 2.54 bits per heavy atom. The zero-order valence-electron chi connectivity index (χ0n) is 15.7. The molecule has 0 spiro atoms. The summed E-state index contributed by atoms with van der Waals surface area (Å²) in [5.41, 5.74) is 3.33. The highest BCUT2D eigenvalue weighted by molar-refractivity contribution is 8.18. The number of esters is 1. The van der Waals surface area contributed by atoms with E-state index in [0.717, 1.165) is 17.1 Å². The fourth-order valence-electron chi connectivity index (χ4n) is 3.03. The number of hydrogen-bond donors (Lipinski definition) is 0. The fourth-order valence-corrected chi connectivity index (χ4v) is 8.24. The van der Waals surface area contributed by atoms with Crippen LogP contribution in [0.2, 0.25) is 0 Å². The van der Waals surface area contributed by atoms with E-state index in [0.29, 0.717) is 0 Å². The second-order valence-corrected chi connectivity index (χ2v) is 10.3. The SMILES string of the molecule is COC(=O)C(C=Cc1ccc([N+](=O)[O-])cc1)[S+]1CCSC1c1ccc(C)cc1. The minimum absolute atomic E-state index is 0.0511. The van der Waals surface area contributed by atoms with Crippen molar-refractivity contribution in [3.05, 3.63) is 81.4 Å². The van der Waals surface area contributed by atoms with Gasteiger partial charge in [-0.2, -0.15) is 0 Å². The van der Waals surface area contributed by atoms with Crippen LogP contribution in [0.25, 0.3) is 6.08 Å². The molecule has 1 saturated heterocycles. The van der Waals surface area contributed by atoms with Crippen LogP contribution in [-0.4, -0.2) is 34.8 Å². The lowest BCUT2D eigenvalue weighted by Crippen LogP contribution is -2.32. The maximum Gasteiger partial charge on any atom is 0.363 e. The lowest BCUT2D eigenvalue weighted by molar-refractivity contribution is -0.384. The molecular formula is C21H22NO4S2+. The summed E-state index contributed by atoms with van der Waals surface area (Å²) in [6.07, 6.45) is 3.75. The van der Waals surface area contributed by atoms with E-state index in [1.165, 1.54) is 30.4 Å². The highest BCUT2D eigenvalue weighted by Gasteiger charge is 2.47. The first-order valence-corrected chi connectivity index (χ1v) is 11.4. The molecule has 0 radical (unpaired) electrons. The van der Waals surface area contributed by atoms with Gasteiger partial charge in [0.15, 0.2) is 4.58 Å². The Kier molecular flexibility index (Phi) is 6.80. The highest BCUT2D eigenvalue weighted by atomic mass is 32.2. The van der Waals surface area contributed by atoms with Crippen LogP contribution < -0.4 is 0 Å². The van der Waals surface area contributed by atoms with Crippen molar-refractivity contribution in [1.82, 2.24) is 0 Å². The Morgan fingerprint density at radius 1 is 1.25 bits per heavy atom. The fraction of sp³-hybridized carbons (Fsp3) is 0.286. The standard InChI is InChI=1S/C21H22NO4S2/c1-15-3-8-17(9-4-15)21-27-13-14-28(21)19(20(23)26-2)12-7-16-5-10-18(11-6-16)22(24)25/h3-12,19,21H,13-14H2,1-2H3/q+1. The first-order valence-electron chi connectivity index (χ1n) is 8.87. The van der Waals surface area contributed by atoms with Gasteiger partial charge < -0.3 is 4.74 Å². The van der Waals surface area contributed by atoms with Gasteiger partial charge in [-0.25, -0.2) is 4.79 Å². The maximum atomic E-state index is 12.5. The molecule has 5 nitrogen and oxygen atoms in total. The molecule has 1 heterocycles. The molecule has 2 aromatic rings. The Bertz CT molecular complexity index is 865. The van der Waals surface area contributed by atoms with Gasteiger partial charge in [0.2, 0.25) is 5.25 Å². The second kappa shape index (κ2) is 9.30. The van der Waals surface area contributed by atoms with E-state index in [1.807, 2.05) is 23.9 Å². The van der Waals surface area contributed by atoms with Crippen molar-refractivity contribution >= 4 is 40.4 Å². The normalized spacial score (nSPS) is 20.2. The smallest absolute Gasteiger partial charge is 0.363 e. The molecule has 1 aliphatic heterocycles. The minimum atomic E-state index is -0.423. The largest absolute Gasteiger partial charge is 0.465 e. The van der Waals surface area contributed by atoms with Gasteiger partial charge in [0, 0.05) is 34.3 Å². The van der Waals surface area contributed by atoms with Gasteiger partial charge >= 0.3 is 5.97 Å². The number of non-ortho nitro benzene ring substituents is 1. The van der Waals surface area contributed by atoms with Gasteiger partial charge in [-0.1, -0.05) is 47.7 Å². The van der Waals surface area contributed by atoms with Gasteiger partial charge in [0.1, 0.15) is 5.75 Å². The summed E-state index contributed by atoms with van der Waals surface area (Å²) in [7, 11) is 1.24. The Labute approximate surface area is 171 Å². The molecule has 2 aromatic carbocycles. The van der Waals surface area contributed by atoms with Crippen molar-refractivity contribution in [3.63, 3.8) is 0 Å². The van der Waals surface area contributed by atoms with Gasteiger partial charge in [-0.05, 0) is 30.7 Å². The van der Waals surface area contributed by atoms with Crippen LogP contribution in [0, 0.1) is 17.0 Å². The number of carbonyl (C=O) groups excluding carboxylic acids is 1. The van der Waals surface area contributed by atoms with E-state index in [9.17, 15) is 14.9 Å². The molecule has 0 aromatic heterocycles. The number of methoxy groups -OCH3 is 1. The lowest BCUT2D eigenvalue weighted by Gasteiger charge is -2.16. The van der Waals surface area contributed by atoms with Crippen molar-refractivity contribution in [1.29, 1.82) is 0 Å². The average molecular weight is 417 g/mol. The summed E-state index contributed by atoms with van der Waals surface area (Å²) >= 11 is 1.89. The van der Waals surface area contributed by atoms with Crippen LogP contribution >= 0.6 is 11.8 Å². The molecule has 3 unspecified atom stereocenters. The number of thioether (sulfide) groups is 1. The zero-order chi connectivity index (χ0) is 20.1. The summed E-state index contributed by atoms with van der Waals surface area (Å²) in [5, 5.41) is 10.5. The minimum Gasteiger partial charge on any atom is -0.465 e. The quantitative estimate of drug-likeness (QED) is 0.300. The van der Waals surface area contributed by atoms with E-state index in [2.05, 4.69) is 31.2 Å². The number of carbonyl (C=O) groups is 1. The maximum absolute atomic E-state index is 12.5. The Morgan fingerprint density at radius 2 is 1.93 bits per heavy atom. The molecule has 0 aliphatic carbocycles. The number of nitro groups is 1. The molecule has 1 aliphatic rings. The Hall–Kier alpha value is -2.25. The third-order valence-electron chi connectivity index (χ3n) is 4.54. The number of rotatable bonds is 6. The number of ether oxygens (including phenoxy) is 1. The first-order chi connectivity index (χ1) is 13.5. The van der Waals surface area contributed by atoms with Crippen molar-refractivity contribution < 1.29 is 14.5 Å². The molecule has 1 fully saturated rings. The predicted molar refractivity (Wildman–Crippen MR) is 117 cm³/mol. The number of nitro benzene ring substituents is 1. The number of benzene rings is 2. The summed E-state index contributed by atoms with van der Waals surface area (Å²) in [5.74, 6) is 1.75. The summed E-state index contributed by atoms with van der Waals surface area (Å²) in [4.78, 5) is 22.9. The zero-order valence-corrected chi connectivity index (χ0v) is 17.4. The van der Waals surface area contributed by atoms with Crippen molar-refractivity contribution in [2.75, 3.05) is 18.6 Å². The van der Waals surface area contributed by atoms with Crippen molar-refractivity contribution in [2.24, 2.45) is 0 Å². The average Bonchev–Trinajstić information content (AvgIpc) is 3.18. The van der Waals surface area contributed by atoms with Gasteiger partial charge in [-0.3, -0.25) is 10.1 Å². The molecule has 0 amide bonds. The first kappa shape index (κ1) is 20.5. The molecule has 0 saturated carbocycles. The predicted octanol–water partition coefficient (Wildman–Crippen LogP) is 4.52. The van der Waals surface area contributed by atoms with Crippen LogP contribution in [0.3, 0.4) is 0 Å². The highest BCUT2D eigenvalue weighted by Crippen LogP contribution is 2.44. The molecule has 146 valence electrons. The third-order valence-corrected chi connectivity index (χ3v) is 9.46. The van der Waals surface area contributed by atoms with Crippen molar-refractivity contribution in [2.45, 2.75) is 16.8 Å². The molecule has 28 heavy (non-hydrogen) atoms. The lowest BCUT2D eigenvalue weighted by atomic mass is 10.2. The molecule has 3 atom stereocenters. The van der Waals surface area contributed by atoms with Gasteiger partial charge in [0.05, 0.1) is 12.0 Å². The van der Waals surface area contributed by atoms with E-state index >= 15 is 0 Å². The van der Waals surface area contributed by atoms with Crippen LogP contribution in [0.4, 0.5) is 5.69 Å². The van der Waals surface area contributed by atoms with Gasteiger partial charge in [0.25, 0.3) is 5.69 Å². The molecule has 7 heteroatoms. The number of hydrogen-bond acceptors (Lipinski definition) is 5. The van der Waals surface area contributed by atoms with Crippen LogP contribution in [0.15, 0.2) is 54.6 Å². The number of aryl methyl sites for hydroxylation is 1. The summed E-state index contributed by atoms with van der Waals surface area (Å²) in [6.45, 7) is 2.07. The van der Waals surface area contributed by atoms with E-state index in [1.54, 1.807) is 12.1 Å². The van der Waals surface area contributed by atoms with E-state index < -0.39 is 4.92 Å². The molecule has 0 bridgehead atoms. The van der Waals surface area contributed by atoms with Crippen LogP contribution in [0.5, 0.6) is 0 Å². The monoisotopic (exact) mass is 416 g/mol. The molecule has 0 N–H and O–H groups in total. The molecule has 3 rings (SSSR count). The topological polar surface area (TPSA) is 69.4 Å². The van der Waals surface area contributed by atoms with Crippen LogP contribution in [-0.2, 0) is 20.4 Å². The van der Waals surface area contributed by atoms with E-state index in [-0.39, 0.29) is 32.4 Å². The third kappa shape index (κ3) is 4.77. The van der Waals surface area contributed by atoms with Gasteiger partial charge in [-0.15, -0.1) is 0 Å². The second-order valence-electron chi connectivity index (χ2n) is 6.44. The molecular weight excluding hydrogens is 394 g/mol. The Balaban J connectivity index is 1.83. The summed E-state index contributed by atoms with van der Waals surface area (Å²) in [6, 6.07) is 14.8. The van der Waals surface area contributed by atoms with Crippen molar-refractivity contribution in [3.8, 4) is 0 Å².